The van der Waals surface area contributed by atoms with Crippen molar-refractivity contribution in [3.8, 4) is 0 Å². The first-order valence-corrected chi connectivity index (χ1v) is 10.1. The van der Waals surface area contributed by atoms with Crippen molar-refractivity contribution in [2.45, 2.75) is 36.8 Å². The Labute approximate surface area is 145 Å². The first-order valence-electron chi connectivity index (χ1n) is 8.43. The second kappa shape index (κ2) is 9.15. The maximum Gasteiger partial charge on any atom is 0.170 e. The maximum absolute atomic E-state index is 12.3. The van der Waals surface area contributed by atoms with Crippen molar-refractivity contribution in [2.24, 2.45) is 5.10 Å². The van der Waals surface area contributed by atoms with Gasteiger partial charge in [-0.3, -0.25) is 5.43 Å². The lowest BCUT2D eigenvalue weighted by molar-refractivity contribution is 0.404. The van der Waals surface area contributed by atoms with E-state index in [-0.39, 0.29) is 11.1 Å². The summed E-state index contributed by atoms with van der Waals surface area (Å²) in [6.45, 7) is 1.84. The lowest BCUT2D eigenvalue weighted by atomic mass is 10.2. The Morgan fingerprint density at radius 2 is 2.08 bits per heavy atom. The van der Waals surface area contributed by atoms with Gasteiger partial charge in [0.1, 0.15) is 5.37 Å². The first kappa shape index (κ1) is 18.9. The highest BCUT2D eigenvalue weighted by Crippen LogP contribution is 2.18. The van der Waals surface area contributed by atoms with Gasteiger partial charge in [-0.05, 0) is 70.6 Å². The third kappa shape index (κ3) is 6.22. The summed E-state index contributed by atoms with van der Waals surface area (Å²) < 4.78 is 24.6. The third-order valence-electron chi connectivity index (χ3n) is 3.99. The molecule has 0 aliphatic carbocycles. The maximum atomic E-state index is 12.3. The Balaban J connectivity index is 1.79. The van der Waals surface area contributed by atoms with E-state index in [2.05, 4.69) is 34.8 Å². The molecule has 0 spiro atoms. The molecule has 1 fully saturated rings. The third-order valence-corrected chi connectivity index (χ3v) is 6.00. The zero-order valence-electron chi connectivity index (χ0n) is 14.5. The molecule has 1 unspecified atom stereocenters. The summed E-state index contributed by atoms with van der Waals surface area (Å²) >= 11 is 0. The van der Waals surface area contributed by atoms with Gasteiger partial charge in [0, 0.05) is 6.21 Å². The predicted octanol–water partition coefficient (Wildman–Crippen LogP) is 2.05. The molecule has 1 aliphatic heterocycles. The van der Waals surface area contributed by atoms with Gasteiger partial charge >= 0.3 is 0 Å². The lowest BCUT2D eigenvalue weighted by Gasteiger charge is -2.12. The van der Waals surface area contributed by atoms with Crippen molar-refractivity contribution < 1.29 is 8.42 Å². The fraction of sp³-hybridized carbons (Fsp3) is 0.588. The van der Waals surface area contributed by atoms with E-state index in [1.54, 1.807) is 0 Å². The average molecular weight is 353 g/mol. The number of sulfone groups is 1. The number of rotatable bonds is 9. The predicted molar refractivity (Wildman–Crippen MR) is 100.0 cm³/mol. The summed E-state index contributed by atoms with van der Waals surface area (Å²) in [5, 5.41) is 6.85. The lowest BCUT2D eigenvalue weighted by Crippen LogP contribution is -2.31. The number of nitrogens with one attached hydrogen (secondary N) is 2. The summed E-state index contributed by atoms with van der Waals surface area (Å²) in [7, 11) is 0.986. The molecule has 1 aromatic carbocycles. The minimum absolute atomic E-state index is 0.0821. The van der Waals surface area contributed by atoms with Crippen LogP contribution in [-0.2, 0) is 15.6 Å². The largest absolute Gasteiger partial charge is 0.309 e. The van der Waals surface area contributed by atoms with E-state index in [1.165, 1.54) is 0 Å². The van der Waals surface area contributed by atoms with Crippen LogP contribution in [0.4, 0.5) is 5.69 Å². The van der Waals surface area contributed by atoms with Gasteiger partial charge in [0.2, 0.25) is 0 Å². The van der Waals surface area contributed by atoms with Crippen molar-refractivity contribution in [1.29, 1.82) is 0 Å². The van der Waals surface area contributed by atoms with Gasteiger partial charge in [0.05, 0.1) is 11.4 Å². The summed E-state index contributed by atoms with van der Waals surface area (Å²) in [6, 6.07) is 7.42. The van der Waals surface area contributed by atoms with E-state index >= 15 is 0 Å². The number of anilines is 1. The van der Waals surface area contributed by atoms with E-state index in [0.29, 0.717) is 6.42 Å². The molecule has 0 bridgehead atoms. The first-order chi connectivity index (χ1) is 11.5. The van der Waals surface area contributed by atoms with Crippen molar-refractivity contribution in [1.82, 2.24) is 10.2 Å². The summed E-state index contributed by atoms with van der Waals surface area (Å²) in [5.41, 5.74) is 4.64. The van der Waals surface area contributed by atoms with Crippen LogP contribution >= 0.6 is 0 Å². The minimum atomic E-state index is -3.13. The van der Waals surface area contributed by atoms with Crippen LogP contribution in [0.5, 0.6) is 0 Å². The number of unbranched alkanes of at least 4 members (excludes halogenated alkanes) is 1. The number of benzene rings is 1. The molecule has 2 N–H and O–H groups in total. The molecule has 0 radical (unpaired) electrons. The SMILES string of the molecule is CN(C)CCCC=NNc1ccc(CS(=O)(=O)C2CCCN2)cc1. The topological polar surface area (TPSA) is 73.8 Å². The molecule has 0 saturated carbocycles. The number of hydrogen-bond donors (Lipinski definition) is 2. The van der Waals surface area contributed by atoms with E-state index in [4.69, 9.17) is 0 Å². The molecular formula is C17H28N4O2S. The van der Waals surface area contributed by atoms with E-state index in [9.17, 15) is 8.42 Å². The average Bonchev–Trinajstić information content (AvgIpc) is 3.07. The van der Waals surface area contributed by atoms with E-state index in [1.807, 2.05) is 30.5 Å². The van der Waals surface area contributed by atoms with Gasteiger partial charge in [-0.1, -0.05) is 12.1 Å². The summed E-state index contributed by atoms with van der Waals surface area (Å²) in [5.74, 6) is 0.0821. The van der Waals surface area contributed by atoms with Crippen LogP contribution in [0.1, 0.15) is 31.2 Å². The molecule has 1 atom stereocenters. The molecule has 7 heteroatoms. The van der Waals surface area contributed by atoms with E-state index in [0.717, 1.165) is 43.6 Å². The zero-order valence-corrected chi connectivity index (χ0v) is 15.3. The van der Waals surface area contributed by atoms with Gasteiger partial charge in [-0.25, -0.2) is 8.42 Å². The zero-order chi connectivity index (χ0) is 17.4. The van der Waals surface area contributed by atoms with Crippen molar-refractivity contribution in [3.63, 3.8) is 0 Å². The smallest absolute Gasteiger partial charge is 0.170 e. The molecule has 24 heavy (non-hydrogen) atoms. The highest BCUT2D eigenvalue weighted by molar-refractivity contribution is 7.91. The highest BCUT2D eigenvalue weighted by atomic mass is 32.2. The van der Waals surface area contributed by atoms with Gasteiger partial charge in [0.25, 0.3) is 0 Å². The Bertz CT molecular complexity index is 620. The molecule has 2 rings (SSSR count). The van der Waals surface area contributed by atoms with Crippen molar-refractivity contribution >= 4 is 21.7 Å². The van der Waals surface area contributed by atoms with Crippen LogP contribution in [0, 0.1) is 0 Å². The molecule has 0 aromatic heterocycles. The quantitative estimate of drug-likeness (QED) is 0.404. The fourth-order valence-electron chi connectivity index (χ4n) is 2.65. The molecular weight excluding hydrogens is 324 g/mol. The number of hydrazone groups is 1. The fourth-order valence-corrected chi connectivity index (χ4v) is 4.41. The van der Waals surface area contributed by atoms with Crippen LogP contribution in [0.3, 0.4) is 0 Å². The van der Waals surface area contributed by atoms with Crippen LogP contribution in [0.25, 0.3) is 0 Å². The van der Waals surface area contributed by atoms with Crippen molar-refractivity contribution in [3.05, 3.63) is 29.8 Å². The van der Waals surface area contributed by atoms with Crippen LogP contribution in [-0.4, -0.2) is 52.1 Å². The Morgan fingerprint density at radius 1 is 1.33 bits per heavy atom. The molecule has 1 heterocycles. The molecule has 134 valence electrons. The van der Waals surface area contributed by atoms with Crippen LogP contribution in [0.2, 0.25) is 0 Å². The van der Waals surface area contributed by atoms with Crippen LogP contribution < -0.4 is 10.7 Å². The Kier molecular flexibility index (Phi) is 7.20. The molecule has 0 amide bonds. The highest BCUT2D eigenvalue weighted by Gasteiger charge is 2.28. The number of hydrogen-bond acceptors (Lipinski definition) is 6. The van der Waals surface area contributed by atoms with Gasteiger partial charge < -0.3 is 10.2 Å². The summed E-state index contributed by atoms with van der Waals surface area (Å²) in [4.78, 5) is 2.15. The second-order valence-corrected chi connectivity index (χ2v) is 8.64. The van der Waals surface area contributed by atoms with Gasteiger partial charge in [-0.2, -0.15) is 5.10 Å². The second-order valence-electron chi connectivity index (χ2n) is 6.46. The minimum Gasteiger partial charge on any atom is -0.309 e. The van der Waals surface area contributed by atoms with Gasteiger partial charge in [0.15, 0.2) is 9.84 Å². The van der Waals surface area contributed by atoms with Crippen LogP contribution in [0.15, 0.2) is 29.4 Å². The Morgan fingerprint density at radius 3 is 2.71 bits per heavy atom. The number of nitrogens with zero attached hydrogens (tertiary/aromatic N) is 2. The van der Waals surface area contributed by atoms with Gasteiger partial charge in [-0.15, -0.1) is 0 Å². The molecule has 1 aromatic rings. The monoisotopic (exact) mass is 352 g/mol. The molecule has 1 aliphatic rings. The van der Waals surface area contributed by atoms with E-state index < -0.39 is 9.84 Å². The van der Waals surface area contributed by atoms with Crippen molar-refractivity contribution in [2.75, 3.05) is 32.6 Å². The summed E-state index contributed by atoms with van der Waals surface area (Å²) in [6.07, 6.45) is 5.51. The normalized spacial score (nSPS) is 18.5. The standard InChI is InChI=1S/C17H28N4O2S/c1-21(2)13-4-3-12-19-20-16-9-7-15(8-10-16)14-24(22,23)17-6-5-11-18-17/h7-10,12,17-18,20H,3-6,11,13-14H2,1-2H3. The Hall–Kier alpha value is -1.44. The molecule has 1 saturated heterocycles. The molecule has 6 nitrogen and oxygen atoms in total.